The summed E-state index contributed by atoms with van der Waals surface area (Å²) in [4.78, 5) is 10.9. The average molecular weight is 312 g/mol. The Balaban J connectivity index is 2.87. The minimum Gasteiger partial charge on any atom is -0.478 e. The first-order valence-electron chi connectivity index (χ1n) is 7.97. The molecule has 0 atom stereocenters. The molecule has 0 heterocycles. The second kappa shape index (κ2) is 7.96. The van der Waals surface area contributed by atoms with Crippen molar-refractivity contribution >= 4 is 5.97 Å². The summed E-state index contributed by atoms with van der Waals surface area (Å²) in [5, 5.41) is 8.93. The molecule has 0 unspecified atom stereocenters. The fourth-order valence-electron chi connectivity index (χ4n) is 2.53. The Bertz CT molecular complexity index is 647. The average Bonchev–Trinajstić information content (AvgIpc) is 2.44. The van der Waals surface area contributed by atoms with Crippen molar-refractivity contribution in [2.45, 2.75) is 48.0 Å². The maximum Gasteiger partial charge on any atom is 0.331 e. The van der Waals surface area contributed by atoms with E-state index in [1.165, 1.54) is 11.1 Å². The van der Waals surface area contributed by atoms with Crippen molar-refractivity contribution in [2.75, 3.05) is 0 Å². The van der Waals surface area contributed by atoms with Gasteiger partial charge in [-0.2, -0.15) is 0 Å². The monoisotopic (exact) mass is 312 g/mol. The quantitative estimate of drug-likeness (QED) is 0.517. The van der Waals surface area contributed by atoms with Crippen LogP contribution in [0.4, 0.5) is 0 Å². The summed E-state index contributed by atoms with van der Waals surface area (Å²) in [6, 6.07) is 0. The topological polar surface area (TPSA) is 37.3 Å². The van der Waals surface area contributed by atoms with Gasteiger partial charge in [0.05, 0.1) is 0 Å². The van der Waals surface area contributed by atoms with E-state index in [4.69, 9.17) is 5.11 Å². The lowest BCUT2D eigenvalue weighted by Gasteiger charge is -2.29. The van der Waals surface area contributed by atoms with E-state index in [1.54, 1.807) is 6.92 Å². The molecule has 23 heavy (non-hydrogen) atoms. The van der Waals surface area contributed by atoms with Crippen LogP contribution in [-0.2, 0) is 4.79 Å². The van der Waals surface area contributed by atoms with E-state index in [-0.39, 0.29) is 5.41 Å². The lowest BCUT2D eigenvalue weighted by atomic mass is 9.75. The van der Waals surface area contributed by atoms with Crippen LogP contribution in [-0.4, -0.2) is 11.1 Å². The normalized spacial score (nSPS) is 19.7. The van der Waals surface area contributed by atoms with Crippen molar-refractivity contribution < 1.29 is 9.90 Å². The predicted octanol–water partition coefficient (Wildman–Crippen LogP) is 5.77. The van der Waals surface area contributed by atoms with E-state index in [9.17, 15) is 4.79 Å². The Labute approximate surface area is 140 Å². The highest BCUT2D eigenvalue weighted by molar-refractivity contribution is 5.87. The highest BCUT2D eigenvalue weighted by atomic mass is 16.4. The molecule has 1 aliphatic carbocycles. The van der Waals surface area contributed by atoms with Crippen LogP contribution in [0, 0.1) is 5.41 Å². The van der Waals surface area contributed by atoms with E-state index in [0.29, 0.717) is 5.57 Å². The number of allylic oxidation sites excluding steroid dienone is 11. The van der Waals surface area contributed by atoms with Gasteiger partial charge in [-0.3, -0.25) is 0 Å². The minimum absolute atomic E-state index is 0.170. The maximum atomic E-state index is 10.9. The summed E-state index contributed by atoms with van der Waals surface area (Å²) in [6.45, 7) is 12.2. The van der Waals surface area contributed by atoms with Crippen LogP contribution in [0.3, 0.4) is 0 Å². The third-order valence-electron chi connectivity index (χ3n) is 4.28. The smallest absolute Gasteiger partial charge is 0.331 e. The molecule has 0 bridgehead atoms. The molecule has 0 amide bonds. The number of hydrogen-bond acceptors (Lipinski definition) is 1. The van der Waals surface area contributed by atoms with Crippen molar-refractivity contribution in [1.29, 1.82) is 0 Å². The fraction of sp³-hybridized carbons (Fsp3) is 0.381. The van der Waals surface area contributed by atoms with Crippen molar-refractivity contribution in [3.63, 3.8) is 0 Å². The number of aliphatic carboxylic acids is 1. The fourth-order valence-corrected chi connectivity index (χ4v) is 2.53. The first-order chi connectivity index (χ1) is 10.6. The number of carboxylic acid groups (broad SMARTS) is 1. The molecule has 0 radical (unpaired) electrons. The van der Waals surface area contributed by atoms with Gasteiger partial charge in [-0.1, -0.05) is 62.0 Å². The number of hydrogen-bond donors (Lipinski definition) is 1. The Morgan fingerprint density at radius 2 is 1.87 bits per heavy atom. The van der Waals surface area contributed by atoms with E-state index < -0.39 is 5.97 Å². The second-order valence-corrected chi connectivity index (χ2v) is 6.80. The molecular formula is C21H28O2. The number of carbonyl (C=O) groups is 1. The highest BCUT2D eigenvalue weighted by Gasteiger charge is 2.23. The van der Waals surface area contributed by atoms with E-state index >= 15 is 0 Å². The molecule has 0 saturated carbocycles. The molecule has 2 heteroatoms. The van der Waals surface area contributed by atoms with Gasteiger partial charge in [-0.05, 0) is 56.3 Å². The van der Waals surface area contributed by atoms with Gasteiger partial charge >= 0.3 is 5.97 Å². The van der Waals surface area contributed by atoms with Crippen LogP contribution in [0.15, 0.2) is 70.4 Å². The van der Waals surface area contributed by atoms with E-state index in [2.05, 4.69) is 45.1 Å². The Morgan fingerprint density at radius 3 is 2.43 bits per heavy atom. The van der Waals surface area contributed by atoms with Crippen LogP contribution in [0.2, 0.25) is 0 Å². The molecule has 1 aliphatic rings. The maximum absolute atomic E-state index is 10.9. The summed E-state index contributed by atoms with van der Waals surface area (Å²) in [7, 11) is 0. The van der Waals surface area contributed by atoms with Crippen molar-refractivity contribution in [3.05, 3.63) is 70.4 Å². The Kier molecular flexibility index (Phi) is 6.56. The van der Waals surface area contributed by atoms with Gasteiger partial charge in [0.25, 0.3) is 0 Å². The predicted molar refractivity (Wildman–Crippen MR) is 98.3 cm³/mol. The van der Waals surface area contributed by atoms with Gasteiger partial charge < -0.3 is 5.11 Å². The third-order valence-corrected chi connectivity index (χ3v) is 4.28. The van der Waals surface area contributed by atoms with Crippen LogP contribution in [0.1, 0.15) is 48.0 Å². The molecule has 1 rings (SSSR count). The summed E-state index contributed by atoms with van der Waals surface area (Å²) in [6.07, 6.45) is 15.5. The van der Waals surface area contributed by atoms with Crippen LogP contribution >= 0.6 is 0 Å². The molecule has 0 aliphatic heterocycles. The van der Waals surface area contributed by atoms with Gasteiger partial charge in [0.1, 0.15) is 0 Å². The Morgan fingerprint density at radius 1 is 1.22 bits per heavy atom. The van der Waals surface area contributed by atoms with Gasteiger partial charge in [0.15, 0.2) is 0 Å². The second-order valence-electron chi connectivity index (χ2n) is 6.80. The summed E-state index contributed by atoms with van der Waals surface area (Å²) in [5.41, 5.74) is 5.13. The van der Waals surface area contributed by atoms with Gasteiger partial charge in [0, 0.05) is 5.57 Å². The molecule has 0 spiro atoms. The summed E-state index contributed by atoms with van der Waals surface area (Å²) < 4.78 is 0. The molecule has 1 N–H and O–H groups in total. The van der Waals surface area contributed by atoms with Crippen LogP contribution < -0.4 is 0 Å². The van der Waals surface area contributed by atoms with Crippen LogP contribution in [0.5, 0.6) is 0 Å². The van der Waals surface area contributed by atoms with Crippen molar-refractivity contribution in [3.8, 4) is 0 Å². The SMILES string of the molecule is CC1=C(/C=C/C(C)=C/C=C/C(C)=C(\C)C(=O)O)C(C)(C)CC=C1. The lowest BCUT2D eigenvalue weighted by molar-refractivity contribution is -0.132. The molecule has 0 saturated heterocycles. The molecule has 0 aromatic rings. The molecule has 0 fully saturated rings. The van der Waals surface area contributed by atoms with E-state index in [0.717, 1.165) is 17.6 Å². The largest absolute Gasteiger partial charge is 0.478 e. The standard InChI is InChI=1S/C21H28O2/c1-15(9-7-10-16(2)18(4)20(22)23)12-13-19-17(3)11-8-14-21(19,5)6/h7-13H,14H2,1-6H3,(H,22,23)/b10-7+,13-12+,15-9+,18-16+. The minimum atomic E-state index is -0.872. The molecular weight excluding hydrogens is 284 g/mol. The van der Waals surface area contributed by atoms with Crippen molar-refractivity contribution in [1.82, 2.24) is 0 Å². The number of rotatable bonds is 5. The Hall–Kier alpha value is -2.09. The molecule has 0 aromatic carbocycles. The van der Waals surface area contributed by atoms with Crippen LogP contribution in [0.25, 0.3) is 0 Å². The first kappa shape index (κ1) is 19.0. The zero-order valence-corrected chi connectivity index (χ0v) is 15.1. The number of carboxylic acids is 1. The molecule has 0 aromatic heterocycles. The third kappa shape index (κ3) is 5.55. The summed E-state index contributed by atoms with van der Waals surface area (Å²) >= 11 is 0. The molecule has 124 valence electrons. The zero-order chi connectivity index (χ0) is 17.6. The van der Waals surface area contributed by atoms with Gasteiger partial charge in [0.2, 0.25) is 0 Å². The zero-order valence-electron chi connectivity index (χ0n) is 15.1. The van der Waals surface area contributed by atoms with Gasteiger partial charge in [-0.15, -0.1) is 0 Å². The van der Waals surface area contributed by atoms with E-state index in [1.807, 2.05) is 32.1 Å². The lowest BCUT2D eigenvalue weighted by Crippen LogP contribution is -2.16. The van der Waals surface area contributed by atoms with Crippen molar-refractivity contribution in [2.24, 2.45) is 5.41 Å². The first-order valence-corrected chi connectivity index (χ1v) is 7.97. The molecule has 2 nitrogen and oxygen atoms in total. The highest BCUT2D eigenvalue weighted by Crippen LogP contribution is 2.37. The summed E-state index contributed by atoms with van der Waals surface area (Å²) in [5.74, 6) is -0.872. The van der Waals surface area contributed by atoms with Gasteiger partial charge in [-0.25, -0.2) is 4.79 Å².